The van der Waals surface area contributed by atoms with E-state index >= 15 is 0 Å². The minimum Gasteiger partial charge on any atom is -0.306 e. The molecular weight excluding hydrogens is 372 g/mol. The number of aromatic nitrogens is 2. The van der Waals surface area contributed by atoms with Crippen LogP contribution >= 0.6 is 0 Å². The normalized spacial score (nSPS) is 11.6. The summed E-state index contributed by atoms with van der Waals surface area (Å²) in [5.74, 6) is -2.32. The topological polar surface area (TPSA) is 63.5 Å². The molecule has 0 aliphatic heterocycles. The molecule has 0 unspecified atom stereocenters. The maximum Gasteiger partial charge on any atom is 0.267 e. The number of nitrogens with zero attached hydrogens (tertiary/aromatic N) is 2. The number of nitrogens with one attached hydrogen (secondary N) is 1. The van der Waals surface area contributed by atoms with Crippen LogP contribution in [0, 0.1) is 11.6 Å². The highest BCUT2D eigenvalue weighted by molar-refractivity contribution is 7.92. The van der Waals surface area contributed by atoms with Gasteiger partial charge in [-0.05, 0) is 30.3 Å². The molecule has 0 fully saturated rings. The summed E-state index contributed by atoms with van der Waals surface area (Å²) >= 11 is 0. The highest BCUT2D eigenvalue weighted by atomic mass is 32.2. The summed E-state index contributed by atoms with van der Waals surface area (Å²) in [7, 11) is -4.47. The van der Waals surface area contributed by atoms with Crippen LogP contribution in [-0.4, -0.2) is 17.8 Å². The van der Waals surface area contributed by atoms with E-state index in [2.05, 4.69) is 9.71 Å². The van der Waals surface area contributed by atoms with Crippen molar-refractivity contribution in [3.05, 3.63) is 84.7 Å². The van der Waals surface area contributed by atoms with Gasteiger partial charge in [-0.15, -0.1) is 0 Å². The molecule has 0 spiro atoms. The fraction of sp³-hybridized carbons (Fsp3) is 0. The number of para-hydroxylation sites is 1. The Labute approximate surface area is 154 Å². The lowest BCUT2D eigenvalue weighted by molar-refractivity contribution is 0.521. The molecule has 136 valence electrons. The standard InChI is InChI=1S/C19H13F2N3O2S/c20-14-7-5-8-15(21)19(14)27(25,26)23-16-9-2-1-6-13(16)17-12-24-11-4-3-10-18(24)22-17/h1-12,23H. The number of benzene rings is 2. The SMILES string of the molecule is O=S(=O)(Nc1ccccc1-c1cn2ccccc2n1)c1c(F)cccc1F. The van der Waals surface area contributed by atoms with E-state index in [9.17, 15) is 17.2 Å². The molecule has 0 atom stereocenters. The number of hydrogen-bond donors (Lipinski definition) is 1. The maximum atomic E-state index is 13.9. The van der Waals surface area contributed by atoms with E-state index in [1.807, 2.05) is 24.4 Å². The predicted octanol–water partition coefficient (Wildman–Crippen LogP) is 4.08. The molecule has 0 radical (unpaired) electrons. The molecule has 0 aliphatic carbocycles. The van der Waals surface area contributed by atoms with E-state index in [0.717, 1.165) is 18.2 Å². The van der Waals surface area contributed by atoms with Crippen LogP contribution < -0.4 is 4.72 Å². The van der Waals surface area contributed by atoms with Crippen molar-refractivity contribution in [2.45, 2.75) is 4.90 Å². The summed E-state index contributed by atoms with van der Waals surface area (Å²) in [5, 5.41) is 0. The Balaban J connectivity index is 1.80. The fourth-order valence-electron chi connectivity index (χ4n) is 2.79. The maximum absolute atomic E-state index is 13.9. The molecule has 4 aromatic rings. The van der Waals surface area contributed by atoms with Gasteiger partial charge in [0.2, 0.25) is 0 Å². The summed E-state index contributed by atoms with van der Waals surface area (Å²) in [6.07, 6.45) is 3.56. The van der Waals surface area contributed by atoms with Gasteiger partial charge in [-0.1, -0.05) is 30.3 Å². The summed E-state index contributed by atoms with van der Waals surface area (Å²) in [4.78, 5) is 3.44. The van der Waals surface area contributed by atoms with E-state index < -0.39 is 26.6 Å². The van der Waals surface area contributed by atoms with Gasteiger partial charge in [0.05, 0.1) is 11.4 Å². The molecule has 2 aromatic carbocycles. The van der Waals surface area contributed by atoms with E-state index in [-0.39, 0.29) is 5.69 Å². The Hall–Kier alpha value is -3.26. The molecule has 8 heteroatoms. The largest absolute Gasteiger partial charge is 0.306 e. The van der Waals surface area contributed by atoms with Crippen molar-refractivity contribution in [1.29, 1.82) is 0 Å². The number of imidazole rings is 1. The quantitative estimate of drug-likeness (QED) is 0.576. The van der Waals surface area contributed by atoms with Crippen molar-refractivity contribution in [3.8, 4) is 11.3 Å². The lowest BCUT2D eigenvalue weighted by Crippen LogP contribution is -2.17. The Bertz CT molecular complexity index is 1200. The van der Waals surface area contributed by atoms with Gasteiger partial charge in [-0.3, -0.25) is 4.72 Å². The first-order valence-electron chi connectivity index (χ1n) is 7.96. The predicted molar refractivity (Wildman–Crippen MR) is 97.8 cm³/mol. The molecule has 1 N–H and O–H groups in total. The molecule has 4 rings (SSSR count). The molecule has 27 heavy (non-hydrogen) atoms. The van der Waals surface area contributed by atoms with Gasteiger partial charge < -0.3 is 4.40 Å². The van der Waals surface area contributed by atoms with Crippen molar-refractivity contribution < 1.29 is 17.2 Å². The average molecular weight is 385 g/mol. The second-order valence-electron chi connectivity index (χ2n) is 5.79. The smallest absolute Gasteiger partial charge is 0.267 e. The zero-order chi connectivity index (χ0) is 19.0. The van der Waals surface area contributed by atoms with E-state index in [4.69, 9.17) is 0 Å². The van der Waals surface area contributed by atoms with Crippen molar-refractivity contribution in [3.63, 3.8) is 0 Å². The third-order valence-electron chi connectivity index (χ3n) is 4.00. The number of rotatable bonds is 4. The van der Waals surface area contributed by atoms with Crippen LogP contribution in [0.15, 0.2) is 78.0 Å². The molecule has 5 nitrogen and oxygen atoms in total. The number of halogens is 2. The van der Waals surface area contributed by atoms with Crippen LogP contribution in [-0.2, 0) is 10.0 Å². The minimum atomic E-state index is -4.47. The van der Waals surface area contributed by atoms with Gasteiger partial charge in [-0.25, -0.2) is 22.2 Å². The molecule has 0 aliphatic rings. The van der Waals surface area contributed by atoms with Crippen LogP contribution in [0.2, 0.25) is 0 Å². The Morgan fingerprint density at radius 1 is 0.889 bits per heavy atom. The zero-order valence-corrected chi connectivity index (χ0v) is 14.6. The second-order valence-corrected chi connectivity index (χ2v) is 7.41. The first kappa shape index (κ1) is 17.2. The molecule has 2 aromatic heterocycles. The molecular formula is C19H13F2N3O2S. The third-order valence-corrected chi connectivity index (χ3v) is 5.42. The Kier molecular flexibility index (Phi) is 4.12. The van der Waals surface area contributed by atoms with Gasteiger partial charge in [0.25, 0.3) is 10.0 Å². The van der Waals surface area contributed by atoms with Crippen molar-refractivity contribution >= 4 is 21.4 Å². The highest BCUT2D eigenvalue weighted by Crippen LogP contribution is 2.30. The monoisotopic (exact) mass is 385 g/mol. The number of anilines is 1. The highest BCUT2D eigenvalue weighted by Gasteiger charge is 2.25. The lowest BCUT2D eigenvalue weighted by Gasteiger charge is -2.12. The van der Waals surface area contributed by atoms with Crippen LogP contribution in [0.4, 0.5) is 14.5 Å². The number of hydrogen-bond acceptors (Lipinski definition) is 3. The minimum absolute atomic E-state index is 0.170. The van der Waals surface area contributed by atoms with Crippen LogP contribution in [0.3, 0.4) is 0 Å². The number of pyridine rings is 1. The Morgan fingerprint density at radius 2 is 1.59 bits per heavy atom. The summed E-state index contributed by atoms with van der Waals surface area (Å²) < 4.78 is 57.1. The van der Waals surface area contributed by atoms with Gasteiger partial charge in [-0.2, -0.15) is 0 Å². The van der Waals surface area contributed by atoms with Crippen LogP contribution in [0.5, 0.6) is 0 Å². The van der Waals surface area contributed by atoms with Crippen molar-refractivity contribution in [1.82, 2.24) is 9.38 Å². The van der Waals surface area contributed by atoms with Gasteiger partial charge in [0.1, 0.15) is 17.3 Å². The van der Waals surface area contributed by atoms with E-state index in [0.29, 0.717) is 16.9 Å². The third kappa shape index (κ3) is 3.15. The summed E-state index contributed by atoms with van der Waals surface area (Å²) in [5.41, 5.74) is 1.86. The van der Waals surface area contributed by atoms with Crippen LogP contribution in [0.1, 0.15) is 0 Å². The van der Waals surface area contributed by atoms with E-state index in [1.54, 1.807) is 28.8 Å². The first-order chi connectivity index (χ1) is 13.0. The molecule has 0 bridgehead atoms. The number of sulfonamides is 1. The zero-order valence-electron chi connectivity index (χ0n) is 13.8. The number of fused-ring (bicyclic) bond motifs is 1. The van der Waals surface area contributed by atoms with Gasteiger partial charge >= 0.3 is 0 Å². The molecule has 2 heterocycles. The van der Waals surface area contributed by atoms with Crippen molar-refractivity contribution in [2.75, 3.05) is 4.72 Å². The van der Waals surface area contributed by atoms with Gasteiger partial charge in [0, 0.05) is 18.0 Å². The second kappa shape index (κ2) is 6.48. The Morgan fingerprint density at radius 3 is 2.33 bits per heavy atom. The van der Waals surface area contributed by atoms with Gasteiger partial charge in [0.15, 0.2) is 4.90 Å². The molecule has 0 saturated carbocycles. The van der Waals surface area contributed by atoms with E-state index in [1.165, 1.54) is 6.07 Å². The van der Waals surface area contributed by atoms with Crippen LogP contribution in [0.25, 0.3) is 16.9 Å². The van der Waals surface area contributed by atoms with Crippen molar-refractivity contribution in [2.24, 2.45) is 0 Å². The lowest BCUT2D eigenvalue weighted by atomic mass is 10.1. The fourth-order valence-corrected chi connectivity index (χ4v) is 4.01. The molecule has 0 amide bonds. The average Bonchev–Trinajstić information content (AvgIpc) is 3.05. The summed E-state index contributed by atoms with van der Waals surface area (Å²) in [6.45, 7) is 0. The first-order valence-corrected chi connectivity index (χ1v) is 9.44. The summed E-state index contributed by atoms with van der Waals surface area (Å²) in [6, 6.07) is 14.9. The molecule has 0 saturated heterocycles.